The lowest BCUT2D eigenvalue weighted by atomic mass is 10.2. The molecule has 2 unspecified atom stereocenters. The monoisotopic (exact) mass is 210 g/mol. The first-order valence-electron chi connectivity index (χ1n) is 4.66. The van der Waals surface area contributed by atoms with Crippen LogP contribution in [0.5, 0.6) is 0 Å². The summed E-state index contributed by atoms with van der Waals surface area (Å²) in [7, 11) is -3.54. The Morgan fingerprint density at radius 3 is 2.46 bits per heavy atom. The fourth-order valence-corrected chi connectivity index (χ4v) is 2.14. The predicted molar refractivity (Wildman–Crippen MR) is 51.9 cm³/mol. The van der Waals surface area contributed by atoms with Crippen molar-refractivity contribution in [1.82, 2.24) is 0 Å². The van der Waals surface area contributed by atoms with Gasteiger partial charge in [-0.15, -0.1) is 0 Å². The topological polar surface area (TPSA) is 66.8 Å². The van der Waals surface area contributed by atoms with Gasteiger partial charge in [-0.2, -0.15) is 0 Å². The Labute approximate surface area is 79.5 Å². The van der Waals surface area contributed by atoms with E-state index in [1.54, 1.807) is 0 Å². The van der Waals surface area contributed by atoms with E-state index in [0.29, 0.717) is 0 Å². The molecular formula is C8H19O4P. The second-order valence-electron chi connectivity index (χ2n) is 3.01. The zero-order valence-electron chi connectivity index (χ0n) is 8.27. The molecule has 2 atom stereocenters. The molecule has 0 aromatic heterocycles. The molecule has 13 heavy (non-hydrogen) atoms. The van der Waals surface area contributed by atoms with Crippen molar-refractivity contribution < 1.29 is 19.1 Å². The number of hydrogen-bond acceptors (Lipinski definition) is 3. The molecule has 0 amide bonds. The second-order valence-corrected chi connectivity index (χ2v) is 4.94. The molecule has 0 fully saturated rings. The zero-order chi connectivity index (χ0) is 10.3. The SMILES string of the molecule is CCCC(CC)OP(=O)(O)CCO. The summed E-state index contributed by atoms with van der Waals surface area (Å²) >= 11 is 0. The molecule has 0 aliphatic heterocycles. The van der Waals surface area contributed by atoms with E-state index < -0.39 is 7.60 Å². The van der Waals surface area contributed by atoms with Gasteiger partial charge in [0.2, 0.25) is 0 Å². The van der Waals surface area contributed by atoms with Gasteiger partial charge >= 0.3 is 7.60 Å². The van der Waals surface area contributed by atoms with Crippen LogP contribution in [0.15, 0.2) is 0 Å². The van der Waals surface area contributed by atoms with Crippen LogP contribution in [0, 0.1) is 0 Å². The number of aliphatic hydroxyl groups excluding tert-OH is 1. The Hall–Kier alpha value is 0.110. The quantitative estimate of drug-likeness (QED) is 0.628. The molecule has 0 saturated heterocycles. The van der Waals surface area contributed by atoms with Gasteiger partial charge in [0.15, 0.2) is 0 Å². The summed E-state index contributed by atoms with van der Waals surface area (Å²) in [6, 6.07) is 0. The van der Waals surface area contributed by atoms with Crippen LogP contribution in [-0.2, 0) is 9.09 Å². The molecule has 0 bridgehead atoms. The van der Waals surface area contributed by atoms with Crippen molar-refractivity contribution >= 4 is 7.60 Å². The van der Waals surface area contributed by atoms with Crippen molar-refractivity contribution in [3.8, 4) is 0 Å². The maximum absolute atomic E-state index is 11.2. The highest BCUT2D eigenvalue weighted by atomic mass is 31.2. The summed E-state index contributed by atoms with van der Waals surface area (Å²) in [6.07, 6.45) is 2.11. The molecule has 0 radical (unpaired) electrons. The maximum atomic E-state index is 11.2. The lowest BCUT2D eigenvalue weighted by Crippen LogP contribution is -2.11. The van der Waals surface area contributed by atoms with Crippen molar-refractivity contribution in [2.75, 3.05) is 12.8 Å². The van der Waals surface area contributed by atoms with Gasteiger partial charge < -0.3 is 14.5 Å². The molecule has 0 aliphatic carbocycles. The predicted octanol–water partition coefficient (Wildman–Crippen LogP) is 1.76. The molecular weight excluding hydrogens is 191 g/mol. The molecule has 0 aromatic carbocycles. The lowest BCUT2D eigenvalue weighted by molar-refractivity contribution is 0.157. The fourth-order valence-electron chi connectivity index (χ4n) is 1.07. The van der Waals surface area contributed by atoms with Crippen LogP contribution in [0.4, 0.5) is 0 Å². The van der Waals surface area contributed by atoms with Crippen LogP contribution >= 0.6 is 7.60 Å². The molecule has 0 saturated carbocycles. The van der Waals surface area contributed by atoms with Crippen molar-refractivity contribution in [1.29, 1.82) is 0 Å². The first kappa shape index (κ1) is 13.1. The van der Waals surface area contributed by atoms with E-state index in [2.05, 4.69) is 0 Å². The molecule has 5 heteroatoms. The highest BCUT2D eigenvalue weighted by molar-refractivity contribution is 7.52. The minimum absolute atomic E-state index is 0.160. The lowest BCUT2D eigenvalue weighted by Gasteiger charge is -2.18. The highest BCUT2D eigenvalue weighted by Crippen LogP contribution is 2.43. The average molecular weight is 210 g/mol. The number of hydrogen-bond donors (Lipinski definition) is 2. The van der Waals surface area contributed by atoms with Crippen LogP contribution < -0.4 is 0 Å². The summed E-state index contributed by atoms with van der Waals surface area (Å²) in [6.45, 7) is 3.61. The molecule has 0 aliphatic rings. The van der Waals surface area contributed by atoms with E-state index >= 15 is 0 Å². The summed E-state index contributed by atoms with van der Waals surface area (Å²) in [5.74, 6) is 0. The Morgan fingerprint density at radius 1 is 1.46 bits per heavy atom. The van der Waals surface area contributed by atoms with Gasteiger partial charge in [0.05, 0.1) is 18.9 Å². The Morgan fingerprint density at radius 2 is 2.08 bits per heavy atom. The van der Waals surface area contributed by atoms with Gasteiger partial charge in [-0.05, 0) is 12.8 Å². The van der Waals surface area contributed by atoms with E-state index in [9.17, 15) is 9.46 Å². The molecule has 0 aromatic rings. The van der Waals surface area contributed by atoms with E-state index in [-0.39, 0.29) is 18.9 Å². The Bertz CT molecular complexity index is 172. The van der Waals surface area contributed by atoms with Gasteiger partial charge in [0.25, 0.3) is 0 Å². The largest absolute Gasteiger partial charge is 0.396 e. The number of rotatable bonds is 7. The van der Waals surface area contributed by atoms with Crippen molar-refractivity contribution in [3.63, 3.8) is 0 Å². The third-order valence-electron chi connectivity index (χ3n) is 1.76. The minimum Gasteiger partial charge on any atom is -0.396 e. The van der Waals surface area contributed by atoms with E-state index in [1.807, 2.05) is 13.8 Å². The maximum Gasteiger partial charge on any atom is 0.330 e. The van der Waals surface area contributed by atoms with E-state index in [1.165, 1.54) is 0 Å². The van der Waals surface area contributed by atoms with Gasteiger partial charge in [-0.3, -0.25) is 4.57 Å². The van der Waals surface area contributed by atoms with Crippen LogP contribution in [0.2, 0.25) is 0 Å². The molecule has 0 heterocycles. The van der Waals surface area contributed by atoms with E-state index in [0.717, 1.165) is 19.3 Å². The van der Waals surface area contributed by atoms with Crippen molar-refractivity contribution in [2.24, 2.45) is 0 Å². The van der Waals surface area contributed by atoms with Crippen LogP contribution in [0.25, 0.3) is 0 Å². The molecule has 2 N–H and O–H groups in total. The first-order chi connectivity index (χ1) is 6.05. The van der Waals surface area contributed by atoms with Crippen LogP contribution in [-0.4, -0.2) is 28.9 Å². The number of aliphatic hydroxyl groups is 1. The average Bonchev–Trinajstić information content (AvgIpc) is 2.03. The Kier molecular flexibility index (Phi) is 6.60. The summed E-state index contributed by atoms with van der Waals surface area (Å²) < 4.78 is 16.3. The molecule has 80 valence electrons. The summed E-state index contributed by atoms with van der Waals surface area (Å²) in [5, 5.41) is 8.51. The van der Waals surface area contributed by atoms with Gasteiger partial charge in [-0.25, -0.2) is 0 Å². The minimum atomic E-state index is -3.54. The Balaban J connectivity index is 3.97. The first-order valence-corrected chi connectivity index (χ1v) is 6.43. The third-order valence-corrected chi connectivity index (χ3v) is 3.16. The van der Waals surface area contributed by atoms with Crippen molar-refractivity contribution in [3.05, 3.63) is 0 Å². The van der Waals surface area contributed by atoms with Gasteiger partial charge in [-0.1, -0.05) is 20.3 Å². The summed E-state index contributed by atoms with van der Waals surface area (Å²) in [5.41, 5.74) is 0. The molecule has 0 rings (SSSR count). The van der Waals surface area contributed by atoms with Crippen molar-refractivity contribution in [2.45, 2.75) is 39.2 Å². The van der Waals surface area contributed by atoms with Gasteiger partial charge in [0, 0.05) is 0 Å². The highest BCUT2D eigenvalue weighted by Gasteiger charge is 2.22. The van der Waals surface area contributed by atoms with Gasteiger partial charge in [0.1, 0.15) is 0 Å². The van der Waals surface area contributed by atoms with Crippen LogP contribution in [0.1, 0.15) is 33.1 Å². The molecule has 0 spiro atoms. The second kappa shape index (κ2) is 6.55. The zero-order valence-corrected chi connectivity index (χ0v) is 9.17. The van der Waals surface area contributed by atoms with E-state index in [4.69, 9.17) is 9.63 Å². The third kappa shape index (κ3) is 6.22. The fraction of sp³-hybridized carbons (Fsp3) is 1.00. The normalized spacial score (nSPS) is 18.2. The van der Waals surface area contributed by atoms with Crippen LogP contribution in [0.3, 0.4) is 0 Å². The smallest absolute Gasteiger partial charge is 0.330 e. The molecule has 4 nitrogen and oxygen atoms in total. The summed E-state index contributed by atoms with van der Waals surface area (Å²) in [4.78, 5) is 9.22. The standard InChI is InChI=1S/C8H19O4P/c1-3-5-8(4-2)12-13(10,11)7-6-9/h8-9H,3-7H2,1-2H3,(H,10,11).